The van der Waals surface area contributed by atoms with Crippen molar-refractivity contribution in [3.63, 3.8) is 0 Å². The molecule has 1 aromatic carbocycles. The number of para-hydroxylation sites is 2. The van der Waals surface area contributed by atoms with Gasteiger partial charge in [-0.15, -0.1) is 0 Å². The van der Waals surface area contributed by atoms with Gasteiger partial charge in [0.1, 0.15) is 12.2 Å². The summed E-state index contributed by atoms with van der Waals surface area (Å²) in [5.74, 6) is 0.153. The molecule has 8 nitrogen and oxygen atoms in total. The highest BCUT2D eigenvalue weighted by molar-refractivity contribution is 5.94. The van der Waals surface area contributed by atoms with Crippen molar-refractivity contribution in [3.05, 3.63) is 52.5 Å². The number of aryl methyl sites for hydroxylation is 2. The second-order valence-corrected chi connectivity index (χ2v) is 5.68. The minimum Gasteiger partial charge on any atom is -0.341 e. The van der Waals surface area contributed by atoms with E-state index in [0.29, 0.717) is 29.8 Å². The van der Waals surface area contributed by atoms with E-state index in [1.54, 1.807) is 23.9 Å². The van der Waals surface area contributed by atoms with Crippen LogP contribution in [-0.4, -0.2) is 30.2 Å². The number of fused-ring (bicyclic) bond motifs is 1. The Bertz CT molecular complexity index is 975. The molecule has 3 aromatic rings. The molecule has 0 fully saturated rings. The molecule has 0 spiro atoms. The second kappa shape index (κ2) is 6.84. The fourth-order valence-corrected chi connectivity index (χ4v) is 2.79. The van der Waals surface area contributed by atoms with E-state index in [1.807, 2.05) is 26.0 Å². The van der Waals surface area contributed by atoms with Crippen molar-refractivity contribution < 1.29 is 4.79 Å². The van der Waals surface area contributed by atoms with E-state index in [-0.39, 0.29) is 11.7 Å². The third kappa shape index (κ3) is 3.02. The Morgan fingerprint density at radius 1 is 1.28 bits per heavy atom. The highest BCUT2D eigenvalue weighted by Crippen LogP contribution is 2.14. The van der Waals surface area contributed by atoms with Crippen molar-refractivity contribution in [3.8, 4) is 0 Å². The van der Waals surface area contributed by atoms with Crippen LogP contribution in [0.15, 0.2) is 35.4 Å². The lowest BCUT2D eigenvalue weighted by Gasteiger charge is -2.17. The van der Waals surface area contributed by atoms with Gasteiger partial charge in [-0.25, -0.2) is 14.6 Å². The topological polar surface area (TPSA) is 94.7 Å². The summed E-state index contributed by atoms with van der Waals surface area (Å²) in [5, 5.41) is 6.98. The zero-order valence-corrected chi connectivity index (χ0v) is 14.4. The number of hydrogen-bond donors (Lipinski definition) is 1. The standard InChI is InChI=1S/C17H20N6O2/c1-4-11(15-18-10-19-23(15)5-2)21-16(24)14-17(25)22(3)13-9-7-6-8-12(13)20-14/h6-11H,4-5H2,1-3H3,(H,21,24)/t11-/m0/s1. The minimum atomic E-state index is -0.510. The number of amides is 1. The number of benzene rings is 1. The van der Waals surface area contributed by atoms with Gasteiger partial charge < -0.3 is 9.88 Å². The van der Waals surface area contributed by atoms with Crippen molar-refractivity contribution in [1.29, 1.82) is 0 Å². The summed E-state index contributed by atoms with van der Waals surface area (Å²) < 4.78 is 3.16. The van der Waals surface area contributed by atoms with Crippen LogP contribution < -0.4 is 10.9 Å². The van der Waals surface area contributed by atoms with Gasteiger partial charge in [-0.3, -0.25) is 9.59 Å². The molecule has 0 radical (unpaired) electrons. The molecule has 130 valence electrons. The quantitative estimate of drug-likeness (QED) is 0.758. The lowest BCUT2D eigenvalue weighted by Crippen LogP contribution is -2.36. The minimum absolute atomic E-state index is 0.123. The van der Waals surface area contributed by atoms with Crippen molar-refractivity contribution in [1.82, 2.24) is 29.6 Å². The first-order valence-electron chi connectivity index (χ1n) is 8.21. The summed E-state index contributed by atoms with van der Waals surface area (Å²) in [7, 11) is 1.63. The molecule has 8 heteroatoms. The lowest BCUT2D eigenvalue weighted by atomic mass is 10.2. The monoisotopic (exact) mass is 340 g/mol. The first-order chi connectivity index (χ1) is 12.1. The fourth-order valence-electron chi connectivity index (χ4n) is 2.79. The summed E-state index contributed by atoms with van der Waals surface area (Å²) in [6.45, 7) is 4.54. The molecular weight excluding hydrogens is 320 g/mol. The molecule has 1 atom stereocenters. The first-order valence-corrected chi connectivity index (χ1v) is 8.21. The molecule has 3 rings (SSSR count). The van der Waals surface area contributed by atoms with Gasteiger partial charge in [-0.2, -0.15) is 5.10 Å². The predicted octanol–water partition coefficient (Wildman–Crippen LogP) is 1.43. The largest absolute Gasteiger partial charge is 0.341 e. The molecule has 0 unspecified atom stereocenters. The number of carbonyl (C=O) groups is 1. The van der Waals surface area contributed by atoms with Crippen LogP contribution in [-0.2, 0) is 13.6 Å². The van der Waals surface area contributed by atoms with Crippen LogP contribution in [0.3, 0.4) is 0 Å². The third-order valence-electron chi connectivity index (χ3n) is 4.17. The van der Waals surface area contributed by atoms with Gasteiger partial charge in [-0.05, 0) is 25.5 Å². The number of nitrogens with one attached hydrogen (secondary N) is 1. The maximum atomic E-state index is 12.7. The normalized spacial score (nSPS) is 12.3. The van der Waals surface area contributed by atoms with Crippen molar-refractivity contribution in [2.45, 2.75) is 32.9 Å². The van der Waals surface area contributed by atoms with E-state index in [2.05, 4.69) is 20.4 Å². The lowest BCUT2D eigenvalue weighted by molar-refractivity contribution is 0.0926. The van der Waals surface area contributed by atoms with Crippen LogP contribution in [0.4, 0.5) is 0 Å². The molecule has 0 aliphatic carbocycles. The molecule has 0 aliphatic heterocycles. The number of nitrogens with zero attached hydrogens (tertiary/aromatic N) is 5. The van der Waals surface area contributed by atoms with Crippen LogP contribution in [0.5, 0.6) is 0 Å². The van der Waals surface area contributed by atoms with Gasteiger partial charge in [0.05, 0.1) is 17.1 Å². The van der Waals surface area contributed by atoms with E-state index in [0.717, 1.165) is 0 Å². The second-order valence-electron chi connectivity index (χ2n) is 5.68. The van der Waals surface area contributed by atoms with Gasteiger partial charge in [0.15, 0.2) is 5.69 Å². The van der Waals surface area contributed by atoms with E-state index in [4.69, 9.17) is 0 Å². The van der Waals surface area contributed by atoms with Gasteiger partial charge in [0, 0.05) is 13.6 Å². The summed E-state index contributed by atoms with van der Waals surface area (Å²) in [6.07, 6.45) is 2.08. The number of rotatable bonds is 5. The zero-order valence-electron chi connectivity index (χ0n) is 14.4. The third-order valence-corrected chi connectivity index (χ3v) is 4.17. The van der Waals surface area contributed by atoms with Crippen molar-refractivity contribution in [2.24, 2.45) is 7.05 Å². The molecule has 0 bridgehead atoms. The van der Waals surface area contributed by atoms with Gasteiger partial charge >= 0.3 is 0 Å². The molecule has 2 aromatic heterocycles. The Labute approximate surface area is 144 Å². The molecule has 2 heterocycles. The summed E-state index contributed by atoms with van der Waals surface area (Å²) in [6, 6.07) is 6.88. The Hall–Kier alpha value is -3.03. The average Bonchev–Trinajstić information content (AvgIpc) is 3.11. The van der Waals surface area contributed by atoms with Crippen molar-refractivity contribution in [2.75, 3.05) is 0 Å². The molecular formula is C17H20N6O2. The Morgan fingerprint density at radius 3 is 2.76 bits per heavy atom. The summed E-state index contributed by atoms with van der Waals surface area (Å²) in [5.41, 5.74) is 0.728. The van der Waals surface area contributed by atoms with Crippen LogP contribution in [0, 0.1) is 0 Å². The molecule has 1 amide bonds. The van der Waals surface area contributed by atoms with Gasteiger partial charge in [0.2, 0.25) is 0 Å². The molecule has 0 saturated carbocycles. The number of aromatic nitrogens is 5. The van der Waals surface area contributed by atoms with Crippen LogP contribution >= 0.6 is 0 Å². The zero-order chi connectivity index (χ0) is 18.0. The predicted molar refractivity (Wildman–Crippen MR) is 93.2 cm³/mol. The van der Waals surface area contributed by atoms with Gasteiger partial charge in [-0.1, -0.05) is 19.1 Å². The Balaban J connectivity index is 1.97. The Morgan fingerprint density at radius 2 is 2.04 bits per heavy atom. The van der Waals surface area contributed by atoms with Crippen LogP contribution in [0.2, 0.25) is 0 Å². The maximum Gasteiger partial charge on any atom is 0.282 e. The maximum absolute atomic E-state index is 12.7. The summed E-state index contributed by atoms with van der Waals surface area (Å²) >= 11 is 0. The molecule has 0 saturated heterocycles. The smallest absolute Gasteiger partial charge is 0.282 e. The highest BCUT2D eigenvalue weighted by Gasteiger charge is 2.22. The Kier molecular flexibility index (Phi) is 4.60. The molecule has 0 aliphatic rings. The van der Waals surface area contributed by atoms with Crippen LogP contribution in [0.1, 0.15) is 42.6 Å². The van der Waals surface area contributed by atoms with Gasteiger partial charge in [0.25, 0.3) is 11.5 Å². The fraction of sp³-hybridized carbons (Fsp3) is 0.353. The van der Waals surface area contributed by atoms with E-state index < -0.39 is 11.5 Å². The van der Waals surface area contributed by atoms with E-state index in [9.17, 15) is 9.59 Å². The average molecular weight is 340 g/mol. The van der Waals surface area contributed by atoms with Crippen molar-refractivity contribution >= 4 is 16.9 Å². The highest BCUT2D eigenvalue weighted by atomic mass is 16.2. The SMILES string of the molecule is CC[C@H](NC(=O)c1nc2ccccc2n(C)c1=O)c1ncnn1CC. The first kappa shape index (κ1) is 16.8. The number of carbonyl (C=O) groups excluding carboxylic acids is 1. The molecule has 1 N–H and O–H groups in total. The number of hydrogen-bond acceptors (Lipinski definition) is 5. The van der Waals surface area contributed by atoms with Crippen LogP contribution in [0.25, 0.3) is 11.0 Å². The summed E-state index contributed by atoms with van der Waals surface area (Å²) in [4.78, 5) is 33.7. The van der Waals surface area contributed by atoms with E-state index >= 15 is 0 Å². The molecule has 25 heavy (non-hydrogen) atoms. The van der Waals surface area contributed by atoms with E-state index in [1.165, 1.54) is 10.9 Å².